The van der Waals surface area contributed by atoms with Crippen molar-refractivity contribution in [3.63, 3.8) is 0 Å². The summed E-state index contributed by atoms with van der Waals surface area (Å²) in [5, 5.41) is 0. The molecule has 1 aromatic rings. The summed E-state index contributed by atoms with van der Waals surface area (Å²) in [6.45, 7) is 9.23. The monoisotopic (exact) mass is 335 g/mol. The third kappa shape index (κ3) is 5.85. The molecule has 2 heterocycles. The van der Waals surface area contributed by atoms with Crippen LogP contribution in [0.2, 0.25) is 0 Å². The summed E-state index contributed by atoms with van der Waals surface area (Å²) in [5.74, 6) is -0.0345. The standard InChI is InChI=1S/C18H29N3O3/c1-14-6-15(8-19-7-14)9-21-10-16(24-18(2,3)13-21)11-23-12-17(22)20(4)5/h6-8,16H,9-13H2,1-5H3/t16-/m1/s1. The first-order chi connectivity index (χ1) is 11.2. The van der Waals surface area contributed by atoms with Crippen LogP contribution in [0.1, 0.15) is 25.0 Å². The van der Waals surface area contributed by atoms with Gasteiger partial charge in [-0.25, -0.2) is 0 Å². The zero-order valence-electron chi connectivity index (χ0n) is 15.4. The molecular weight excluding hydrogens is 306 g/mol. The van der Waals surface area contributed by atoms with Gasteiger partial charge in [-0.2, -0.15) is 0 Å². The quantitative estimate of drug-likeness (QED) is 0.788. The Labute approximate surface area is 144 Å². The zero-order chi connectivity index (χ0) is 17.7. The van der Waals surface area contributed by atoms with E-state index in [4.69, 9.17) is 9.47 Å². The predicted molar refractivity (Wildman–Crippen MR) is 92.7 cm³/mol. The van der Waals surface area contributed by atoms with E-state index in [1.807, 2.05) is 12.4 Å². The molecule has 1 saturated heterocycles. The molecule has 24 heavy (non-hydrogen) atoms. The fourth-order valence-electron chi connectivity index (χ4n) is 2.99. The molecule has 0 radical (unpaired) electrons. The Hall–Kier alpha value is -1.50. The van der Waals surface area contributed by atoms with Crippen LogP contribution in [0.4, 0.5) is 0 Å². The number of likely N-dealkylation sites (N-methyl/N-ethyl adjacent to an activating group) is 1. The minimum atomic E-state index is -0.241. The molecule has 1 aliphatic rings. The van der Waals surface area contributed by atoms with Gasteiger partial charge in [-0.3, -0.25) is 14.7 Å². The van der Waals surface area contributed by atoms with Gasteiger partial charge in [-0.1, -0.05) is 6.07 Å². The topological polar surface area (TPSA) is 54.9 Å². The average molecular weight is 335 g/mol. The third-order valence-corrected chi connectivity index (χ3v) is 3.92. The van der Waals surface area contributed by atoms with E-state index in [2.05, 4.69) is 36.7 Å². The molecule has 1 aromatic heterocycles. The van der Waals surface area contributed by atoms with Gasteiger partial charge in [0.15, 0.2) is 0 Å². The van der Waals surface area contributed by atoms with Crippen LogP contribution in [-0.4, -0.2) is 72.8 Å². The Bertz CT molecular complexity index is 560. The number of aromatic nitrogens is 1. The van der Waals surface area contributed by atoms with E-state index in [1.54, 1.807) is 14.1 Å². The minimum absolute atomic E-state index is 0.0345. The maximum absolute atomic E-state index is 11.6. The second kappa shape index (κ2) is 8.05. The Kier molecular flexibility index (Phi) is 6.32. The summed E-state index contributed by atoms with van der Waals surface area (Å²) in [6.07, 6.45) is 3.74. The summed E-state index contributed by atoms with van der Waals surface area (Å²) >= 11 is 0. The molecule has 0 saturated carbocycles. The number of ether oxygens (including phenoxy) is 2. The highest BCUT2D eigenvalue weighted by molar-refractivity contribution is 5.76. The molecule has 6 heteroatoms. The lowest BCUT2D eigenvalue weighted by Crippen LogP contribution is -2.53. The lowest BCUT2D eigenvalue weighted by molar-refractivity contribution is -0.161. The van der Waals surface area contributed by atoms with E-state index >= 15 is 0 Å². The zero-order valence-corrected chi connectivity index (χ0v) is 15.4. The third-order valence-electron chi connectivity index (χ3n) is 3.92. The highest BCUT2D eigenvalue weighted by Gasteiger charge is 2.33. The number of carbonyl (C=O) groups excluding carboxylic acids is 1. The van der Waals surface area contributed by atoms with Crippen molar-refractivity contribution in [3.8, 4) is 0 Å². The van der Waals surface area contributed by atoms with Crippen LogP contribution in [0, 0.1) is 6.92 Å². The SMILES string of the molecule is Cc1cncc(CN2C[C@H](COCC(=O)N(C)C)OC(C)(C)C2)c1. The van der Waals surface area contributed by atoms with Crippen molar-refractivity contribution in [3.05, 3.63) is 29.6 Å². The van der Waals surface area contributed by atoms with Crippen molar-refractivity contribution < 1.29 is 14.3 Å². The number of nitrogens with zero attached hydrogens (tertiary/aromatic N) is 3. The number of amides is 1. The van der Waals surface area contributed by atoms with Gasteiger partial charge in [-0.15, -0.1) is 0 Å². The highest BCUT2D eigenvalue weighted by atomic mass is 16.5. The lowest BCUT2D eigenvalue weighted by Gasteiger charge is -2.42. The van der Waals surface area contributed by atoms with Crippen LogP contribution in [0.3, 0.4) is 0 Å². The summed E-state index contributed by atoms with van der Waals surface area (Å²) in [7, 11) is 3.45. The number of morpholine rings is 1. The molecular formula is C18H29N3O3. The van der Waals surface area contributed by atoms with Gasteiger partial charge >= 0.3 is 0 Å². The molecule has 2 rings (SSSR count). The molecule has 0 N–H and O–H groups in total. The van der Waals surface area contributed by atoms with Gasteiger partial charge in [-0.05, 0) is 31.9 Å². The maximum atomic E-state index is 11.6. The molecule has 6 nitrogen and oxygen atoms in total. The van der Waals surface area contributed by atoms with E-state index in [-0.39, 0.29) is 24.2 Å². The molecule has 134 valence electrons. The molecule has 1 aliphatic heterocycles. The first-order valence-electron chi connectivity index (χ1n) is 8.34. The summed E-state index contributed by atoms with van der Waals surface area (Å²) in [4.78, 5) is 19.8. The Morgan fingerprint density at radius 3 is 2.88 bits per heavy atom. The Morgan fingerprint density at radius 2 is 2.21 bits per heavy atom. The van der Waals surface area contributed by atoms with Crippen molar-refractivity contribution in [2.75, 3.05) is 40.4 Å². The van der Waals surface area contributed by atoms with Gasteiger partial charge in [0.25, 0.3) is 0 Å². The van der Waals surface area contributed by atoms with E-state index < -0.39 is 0 Å². The fraction of sp³-hybridized carbons (Fsp3) is 0.667. The van der Waals surface area contributed by atoms with Crippen molar-refractivity contribution in [1.29, 1.82) is 0 Å². The molecule has 0 spiro atoms. The maximum Gasteiger partial charge on any atom is 0.248 e. The van der Waals surface area contributed by atoms with Crippen LogP contribution in [-0.2, 0) is 20.8 Å². The number of hydrogen-bond donors (Lipinski definition) is 0. The molecule has 1 fully saturated rings. The fourth-order valence-corrected chi connectivity index (χ4v) is 2.99. The van der Waals surface area contributed by atoms with Gasteiger partial charge < -0.3 is 14.4 Å². The van der Waals surface area contributed by atoms with E-state index in [0.29, 0.717) is 6.61 Å². The Balaban J connectivity index is 1.90. The van der Waals surface area contributed by atoms with E-state index in [9.17, 15) is 4.79 Å². The Morgan fingerprint density at radius 1 is 1.46 bits per heavy atom. The first kappa shape index (κ1) is 18.8. The highest BCUT2D eigenvalue weighted by Crippen LogP contribution is 2.22. The van der Waals surface area contributed by atoms with Gasteiger partial charge in [0.2, 0.25) is 5.91 Å². The van der Waals surface area contributed by atoms with Gasteiger partial charge in [0.1, 0.15) is 6.61 Å². The normalized spacial score (nSPS) is 20.8. The smallest absolute Gasteiger partial charge is 0.248 e. The van der Waals surface area contributed by atoms with E-state index in [0.717, 1.165) is 19.6 Å². The van der Waals surface area contributed by atoms with Crippen LogP contribution in [0.25, 0.3) is 0 Å². The molecule has 0 unspecified atom stereocenters. The number of rotatable bonds is 6. The van der Waals surface area contributed by atoms with Crippen LogP contribution < -0.4 is 0 Å². The molecule has 0 aliphatic carbocycles. The van der Waals surface area contributed by atoms with Crippen LogP contribution in [0.5, 0.6) is 0 Å². The van der Waals surface area contributed by atoms with Crippen molar-refractivity contribution >= 4 is 5.91 Å². The van der Waals surface area contributed by atoms with Crippen LogP contribution >= 0.6 is 0 Å². The minimum Gasteiger partial charge on any atom is -0.369 e. The molecule has 1 atom stereocenters. The van der Waals surface area contributed by atoms with Crippen LogP contribution in [0.15, 0.2) is 18.5 Å². The predicted octanol–water partition coefficient (Wildman–Crippen LogP) is 1.47. The number of hydrogen-bond acceptors (Lipinski definition) is 5. The first-order valence-corrected chi connectivity index (χ1v) is 8.34. The lowest BCUT2D eigenvalue weighted by atomic mass is 10.0. The van der Waals surface area contributed by atoms with Crippen molar-refractivity contribution in [2.24, 2.45) is 0 Å². The molecule has 0 aromatic carbocycles. The number of pyridine rings is 1. The summed E-state index contributed by atoms with van der Waals surface area (Å²) < 4.78 is 11.7. The second-order valence-electron chi connectivity index (χ2n) is 7.34. The van der Waals surface area contributed by atoms with Crippen molar-refractivity contribution in [2.45, 2.75) is 39.0 Å². The largest absolute Gasteiger partial charge is 0.369 e. The van der Waals surface area contributed by atoms with Gasteiger partial charge in [0, 0.05) is 46.1 Å². The molecule has 0 bridgehead atoms. The van der Waals surface area contributed by atoms with Crippen molar-refractivity contribution in [1.82, 2.24) is 14.8 Å². The second-order valence-corrected chi connectivity index (χ2v) is 7.34. The van der Waals surface area contributed by atoms with Gasteiger partial charge in [0.05, 0.1) is 18.3 Å². The van der Waals surface area contributed by atoms with E-state index in [1.165, 1.54) is 16.0 Å². The summed E-state index contributed by atoms with van der Waals surface area (Å²) in [6, 6.07) is 2.16. The number of aryl methyl sites for hydroxylation is 1. The number of carbonyl (C=O) groups is 1. The average Bonchev–Trinajstić information content (AvgIpc) is 2.45. The summed E-state index contributed by atoms with van der Waals surface area (Å²) in [5.41, 5.74) is 2.13. The molecule has 1 amide bonds.